The van der Waals surface area contributed by atoms with E-state index in [0.29, 0.717) is 6.42 Å². The fourth-order valence-electron chi connectivity index (χ4n) is 1.62. The van der Waals surface area contributed by atoms with Crippen LogP contribution in [-0.4, -0.2) is 55.5 Å². The molecule has 17 heavy (non-hydrogen) atoms. The number of imide groups is 1. The van der Waals surface area contributed by atoms with Gasteiger partial charge in [-0.1, -0.05) is 0 Å². The lowest BCUT2D eigenvalue weighted by Gasteiger charge is -2.29. The zero-order valence-corrected chi connectivity index (χ0v) is 9.93. The molecule has 0 aliphatic carbocycles. The molecule has 3 N–H and O–H groups in total. The quantitative estimate of drug-likeness (QED) is 0.569. The van der Waals surface area contributed by atoms with Crippen LogP contribution in [0, 0.1) is 0 Å². The molecule has 0 radical (unpaired) electrons. The number of hydrogen-bond acceptors (Lipinski definition) is 5. The maximum absolute atomic E-state index is 11.7. The summed E-state index contributed by atoms with van der Waals surface area (Å²) in [6, 6.07) is -0.672. The Morgan fingerprint density at radius 2 is 2.29 bits per heavy atom. The van der Waals surface area contributed by atoms with Crippen LogP contribution in [0.3, 0.4) is 0 Å². The number of rotatable bonds is 4. The second-order valence-electron chi connectivity index (χ2n) is 3.85. The summed E-state index contributed by atoms with van der Waals surface area (Å²) in [5.41, 5.74) is 5.34. The van der Waals surface area contributed by atoms with E-state index in [-0.39, 0.29) is 18.9 Å². The molecule has 0 aromatic heterocycles. The third-order valence-electron chi connectivity index (χ3n) is 2.76. The first-order valence-corrected chi connectivity index (χ1v) is 5.35. The van der Waals surface area contributed by atoms with Crippen molar-refractivity contribution in [3.63, 3.8) is 0 Å². The summed E-state index contributed by atoms with van der Waals surface area (Å²) in [6.45, 7) is 0.0397. The first-order chi connectivity index (χ1) is 8.01. The minimum absolute atomic E-state index is 0.0397. The summed E-state index contributed by atoms with van der Waals surface area (Å²) in [6.07, 6.45) is -0.215. The van der Waals surface area contributed by atoms with Crippen LogP contribution in [0.2, 0.25) is 0 Å². The van der Waals surface area contributed by atoms with E-state index in [1.807, 2.05) is 0 Å². The molecular weight excluding hydrogens is 226 g/mol. The van der Waals surface area contributed by atoms with Crippen molar-refractivity contribution in [1.82, 2.24) is 10.2 Å². The fraction of sp³-hybridized carbons (Fsp3) is 0.700. The van der Waals surface area contributed by atoms with Crippen LogP contribution in [0.1, 0.15) is 12.8 Å². The molecule has 1 aliphatic heterocycles. The fourth-order valence-corrected chi connectivity index (χ4v) is 1.62. The first-order valence-electron chi connectivity index (χ1n) is 5.35. The maximum atomic E-state index is 11.7. The Hall–Kier alpha value is -1.47. The van der Waals surface area contributed by atoms with E-state index in [1.54, 1.807) is 0 Å². The van der Waals surface area contributed by atoms with Crippen LogP contribution in [0.4, 0.5) is 0 Å². The molecule has 1 saturated heterocycles. The van der Waals surface area contributed by atoms with Gasteiger partial charge in [-0.25, -0.2) is 0 Å². The predicted molar refractivity (Wildman–Crippen MR) is 58.8 cm³/mol. The monoisotopic (exact) mass is 243 g/mol. The molecule has 3 amide bonds. The Morgan fingerprint density at radius 1 is 1.65 bits per heavy atom. The summed E-state index contributed by atoms with van der Waals surface area (Å²) in [4.78, 5) is 35.6. The lowest BCUT2D eigenvalue weighted by molar-refractivity contribution is -0.150. The number of nitrogens with one attached hydrogen (secondary N) is 1. The SMILES string of the molecule is COC(CN)C(=O)NC1CCC(=O)N(C)C1=O. The van der Waals surface area contributed by atoms with Gasteiger partial charge in [0.15, 0.2) is 0 Å². The number of amides is 3. The minimum Gasteiger partial charge on any atom is -0.370 e. The smallest absolute Gasteiger partial charge is 0.251 e. The first kappa shape index (κ1) is 13.6. The van der Waals surface area contributed by atoms with Crippen molar-refractivity contribution in [1.29, 1.82) is 0 Å². The topological polar surface area (TPSA) is 102 Å². The Labute approximate surface area is 99.3 Å². The molecule has 2 unspecified atom stereocenters. The largest absolute Gasteiger partial charge is 0.370 e. The summed E-state index contributed by atoms with van der Waals surface area (Å²) >= 11 is 0. The number of carbonyl (C=O) groups is 3. The van der Waals surface area contributed by atoms with Crippen molar-refractivity contribution >= 4 is 17.7 Å². The lowest BCUT2D eigenvalue weighted by Crippen LogP contribution is -2.55. The standard InChI is InChI=1S/C10H17N3O4/c1-13-8(14)4-3-6(10(13)16)12-9(15)7(5-11)17-2/h6-7H,3-5,11H2,1-2H3,(H,12,15). The molecule has 7 heteroatoms. The van der Waals surface area contributed by atoms with Gasteiger partial charge in [0, 0.05) is 27.1 Å². The van der Waals surface area contributed by atoms with E-state index in [0.717, 1.165) is 4.90 Å². The Kier molecular flexibility index (Phi) is 4.59. The number of piperidine rings is 1. The maximum Gasteiger partial charge on any atom is 0.251 e. The molecule has 0 spiro atoms. The van der Waals surface area contributed by atoms with E-state index in [1.165, 1.54) is 14.2 Å². The highest BCUT2D eigenvalue weighted by Crippen LogP contribution is 2.11. The molecule has 0 aromatic rings. The molecule has 0 saturated carbocycles. The normalized spacial score (nSPS) is 22.5. The van der Waals surface area contributed by atoms with Gasteiger partial charge in [-0.3, -0.25) is 19.3 Å². The average Bonchev–Trinajstić information content (AvgIpc) is 2.31. The summed E-state index contributed by atoms with van der Waals surface area (Å²) in [5, 5.41) is 2.53. The van der Waals surface area contributed by atoms with Gasteiger partial charge in [0.1, 0.15) is 12.1 Å². The zero-order valence-electron chi connectivity index (χ0n) is 9.93. The number of nitrogens with two attached hydrogens (primary N) is 1. The second kappa shape index (κ2) is 5.74. The number of likely N-dealkylation sites (tertiary alicyclic amines) is 1. The van der Waals surface area contributed by atoms with Crippen molar-refractivity contribution < 1.29 is 19.1 Å². The van der Waals surface area contributed by atoms with Gasteiger partial charge in [-0.2, -0.15) is 0 Å². The molecule has 1 fully saturated rings. The second-order valence-corrected chi connectivity index (χ2v) is 3.85. The number of ether oxygens (including phenoxy) is 1. The molecular formula is C10H17N3O4. The van der Waals surface area contributed by atoms with Crippen LogP contribution in [0.15, 0.2) is 0 Å². The van der Waals surface area contributed by atoms with Crippen molar-refractivity contribution in [3.05, 3.63) is 0 Å². The van der Waals surface area contributed by atoms with Crippen LogP contribution in [0.25, 0.3) is 0 Å². The molecule has 0 bridgehead atoms. The zero-order chi connectivity index (χ0) is 13.0. The summed E-state index contributed by atoms with van der Waals surface area (Å²) in [7, 11) is 2.77. The number of methoxy groups -OCH3 is 1. The van der Waals surface area contributed by atoms with Crippen molar-refractivity contribution in [3.8, 4) is 0 Å². The minimum atomic E-state index is -0.772. The van der Waals surface area contributed by atoms with E-state index in [2.05, 4.69) is 5.32 Å². The Morgan fingerprint density at radius 3 is 2.82 bits per heavy atom. The third-order valence-corrected chi connectivity index (χ3v) is 2.76. The highest BCUT2D eigenvalue weighted by molar-refractivity contribution is 6.01. The van der Waals surface area contributed by atoms with Crippen molar-refractivity contribution in [2.45, 2.75) is 25.0 Å². The van der Waals surface area contributed by atoms with E-state index in [9.17, 15) is 14.4 Å². The average molecular weight is 243 g/mol. The van der Waals surface area contributed by atoms with Crippen molar-refractivity contribution in [2.24, 2.45) is 5.73 Å². The predicted octanol–water partition coefficient (Wildman–Crippen LogP) is -1.78. The molecule has 1 rings (SSSR count). The van der Waals surface area contributed by atoms with Gasteiger partial charge >= 0.3 is 0 Å². The van der Waals surface area contributed by atoms with Gasteiger partial charge in [0.25, 0.3) is 11.8 Å². The molecule has 7 nitrogen and oxygen atoms in total. The summed E-state index contributed by atoms with van der Waals surface area (Å²) in [5.74, 6) is -1.07. The van der Waals surface area contributed by atoms with Gasteiger partial charge < -0.3 is 15.8 Å². The Balaban J connectivity index is 2.60. The van der Waals surface area contributed by atoms with Gasteiger partial charge in [-0.05, 0) is 6.42 Å². The highest BCUT2D eigenvalue weighted by Gasteiger charge is 2.33. The third kappa shape index (κ3) is 3.01. The van der Waals surface area contributed by atoms with Crippen LogP contribution >= 0.6 is 0 Å². The van der Waals surface area contributed by atoms with Crippen LogP contribution < -0.4 is 11.1 Å². The summed E-state index contributed by atoms with van der Waals surface area (Å²) < 4.78 is 4.86. The number of hydrogen-bond donors (Lipinski definition) is 2. The number of nitrogens with zero attached hydrogens (tertiary/aromatic N) is 1. The van der Waals surface area contributed by atoms with Gasteiger partial charge in [-0.15, -0.1) is 0 Å². The molecule has 96 valence electrons. The molecule has 1 heterocycles. The van der Waals surface area contributed by atoms with Crippen molar-refractivity contribution in [2.75, 3.05) is 20.7 Å². The van der Waals surface area contributed by atoms with E-state index in [4.69, 9.17) is 10.5 Å². The van der Waals surface area contributed by atoms with E-state index < -0.39 is 24.0 Å². The van der Waals surface area contributed by atoms with Gasteiger partial charge in [0.2, 0.25) is 5.91 Å². The number of carbonyl (C=O) groups excluding carboxylic acids is 3. The highest BCUT2D eigenvalue weighted by atomic mass is 16.5. The molecule has 1 aliphatic rings. The van der Waals surface area contributed by atoms with Crippen LogP contribution in [0.5, 0.6) is 0 Å². The lowest BCUT2D eigenvalue weighted by atomic mass is 10.0. The van der Waals surface area contributed by atoms with Crippen LogP contribution in [-0.2, 0) is 19.1 Å². The van der Waals surface area contributed by atoms with E-state index >= 15 is 0 Å². The molecule has 0 aromatic carbocycles. The Bertz CT molecular complexity index is 328. The van der Waals surface area contributed by atoms with Gasteiger partial charge in [0.05, 0.1) is 0 Å². The number of likely N-dealkylation sites (N-methyl/N-ethyl adjacent to an activating group) is 1. The molecule has 2 atom stereocenters.